The number of hydrogen-bond acceptors (Lipinski definition) is 4. The molecule has 0 radical (unpaired) electrons. The van der Waals surface area contributed by atoms with Crippen molar-refractivity contribution in [3.05, 3.63) is 29.8 Å². The number of primary amides is 1. The van der Waals surface area contributed by atoms with E-state index in [1.165, 1.54) is 11.3 Å². The standard InChI is InChI=1S/C21H33N3O2/c1-3-23(4-2)17-10-8-16(9-11-17)20-18-7-5-6-12-21(18,26)13-14-24(20)15-19(22)25/h8-11,18,20,26H,3-7,12-15H2,1-2H3,(H2,22,25). The first-order chi connectivity index (χ1) is 12.5. The van der Waals surface area contributed by atoms with Crippen molar-refractivity contribution in [2.75, 3.05) is 31.1 Å². The van der Waals surface area contributed by atoms with Crippen molar-refractivity contribution in [3.8, 4) is 0 Å². The van der Waals surface area contributed by atoms with Crippen molar-refractivity contribution >= 4 is 11.6 Å². The van der Waals surface area contributed by atoms with Gasteiger partial charge in [-0.25, -0.2) is 0 Å². The van der Waals surface area contributed by atoms with Gasteiger partial charge in [0.05, 0.1) is 12.1 Å². The Morgan fingerprint density at radius 2 is 1.92 bits per heavy atom. The summed E-state index contributed by atoms with van der Waals surface area (Å²) < 4.78 is 0. The summed E-state index contributed by atoms with van der Waals surface area (Å²) in [4.78, 5) is 16.1. The van der Waals surface area contributed by atoms with Crippen molar-refractivity contribution in [2.24, 2.45) is 11.7 Å². The molecule has 144 valence electrons. The molecule has 1 saturated carbocycles. The second-order valence-corrected chi connectivity index (χ2v) is 7.85. The van der Waals surface area contributed by atoms with Crippen molar-refractivity contribution in [1.29, 1.82) is 0 Å². The van der Waals surface area contributed by atoms with E-state index in [0.29, 0.717) is 0 Å². The lowest BCUT2D eigenvalue weighted by Crippen LogP contribution is -2.56. The third-order valence-electron chi connectivity index (χ3n) is 6.39. The molecule has 1 aliphatic heterocycles. The average molecular weight is 360 g/mol. The maximum Gasteiger partial charge on any atom is 0.231 e. The number of piperidine rings is 1. The third-order valence-corrected chi connectivity index (χ3v) is 6.39. The lowest BCUT2D eigenvalue weighted by atomic mass is 9.66. The maximum atomic E-state index is 11.6. The number of anilines is 1. The number of nitrogens with two attached hydrogens (primary N) is 1. The van der Waals surface area contributed by atoms with Gasteiger partial charge in [0.15, 0.2) is 0 Å². The van der Waals surface area contributed by atoms with Crippen LogP contribution in [-0.4, -0.2) is 47.7 Å². The summed E-state index contributed by atoms with van der Waals surface area (Å²) in [6.45, 7) is 7.27. The van der Waals surface area contributed by atoms with Gasteiger partial charge in [-0.2, -0.15) is 0 Å². The lowest BCUT2D eigenvalue weighted by Gasteiger charge is -2.52. The van der Waals surface area contributed by atoms with Crippen LogP contribution < -0.4 is 10.6 Å². The average Bonchev–Trinajstić information content (AvgIpc) is 2.63. The highest BCUT2D eigenvalue weighted by Gasteiger charge is 2.49. The number of fused-ring (bicyclic) bond motifs is 1. The predicted octanol–water partition coefficient (Wildman–Crippen LogP) is 2.69. The van der Waals surface area contributed by atoms with Crippen LogP contribution in [0.15, 0.2) is 24.3 Å². The largest absolute Gasteiger partial charge is 0.389 e. The topological polar surface area (TPSA) is 69.8 Å². The second kappa shape index (κ2) is 7.97. The number of aliphatic hydroxyl groups is 1. The van der Waals surface area contributed by atoms with Gasteiger partial charge in [-0.05, 0) is 50.8 Å². The van der Waals surface area contributed by atoms with E-state index >= 15 is 0 Å². The minimum atomic E-state index is -0.603. The van der Waals surface area contributed by atoms with E-state index in [9.17, 15) is 9.90 Å². The zero-order chi connectivity index (χ0) is 18.7. The summed E-state index contributed by atoms with van der Waals surface area (Å²) in [6.07, 6.45) is 4.85. The van der Waals surface area contributed by atoms with Gasteiger partial charge in [-0.1, -0.05) is 25.0 Å². The molecule has 1 aromatic rings. The number of hydrogen-bond donors (Lipinski definition) is 2. The van der Waals surface area contributed by atoms with E-state index in [1.807, 2.05) is 0 Å². The van der Waals surface area contributed by atoms with E-state index in [0.717, 1.165) is 51.7 Å². The zero-order valence-corrected chi connectivity index (χ0v) is 16.2. The zero-order valence-electron chi connectivity index (χ0n) is 16.2. The lowest BCUT2D eigenvalue weighted by molar-refractivity contribution is -0.136. The molecule has 5 nitrogen and oxygen atoms in total. The van der Waals surface area contributed by atoms with Crippen LogP contribution >= 0.6 is 0 Å². The van der Waals surface area contributed by atoms with Gasteiger partial charge in [-0.15, -0.1) is 0 Å². The number of benzene rings is 1. The molecule has 5 heteroatoms. The quantitative estimate of drug-likeness (QED) is 0.819. The number of rotatable bonds is 6. The van der Waals surface area contributed by atoms with Crippen molar-refractivity contribution in [3.63, 3.8) is 0 Å². The Labute approximate surface area is 157 Å². The Morgan fingerprint density at radius 3 is 2.54 bits per heavy atom. The molecular weight excluding hydrogens is 326 g/mol. The SMILES string of the molecule is CCN(CC)c1ccc(C2C3CCCCC3(O)CCN2CC(N)=O)cc1. The Morgan fingerprint density at radius 1 is 1.23 bits per heavy atom. The minimum absolute atomic E-state index is 0.0623. The summed E-state index contributed by atoms with van der Waals surface area (Å²) in [6, 6.07) is 8.74. The summed E-state index contributed by atoms with van der Waals surface area (Å²) in [7, 11) is 0. The van der Waals surface area contributed by atoms with E-state index in [-0.39, 0.29) is 24.4 Å². The number of carbonyl (C=O) groups is 1. The molecule has 2 fully saturated rings. The second-order valence-electron chi connectivity index (χ2n) is 7.85. The summed E-state index contributed by atoms with van der Waals surface area (Å²) in [5, 5.41) is 11.2. The van der Waals surface area contributed by atoms with Crippen LogP contribution in [-0.2, 0) is 4.79 Å². The van der Waals surface area contributed by atoms with Crippen molar-refractivity contribution in [2.45, 2.75) is 57.6 Å². The highest BCUT2D eigenvalue weighted by atomic mass is 16.3. The molecular formula is C21H33N3O2. The van der Waals surface area contributed by atoms with Gasteiger partial charge >= 0.3 is 0 Å². The van der Waals surface area contributed by atoms with Crippen LogP contribution in [0.5, 0.6) is 0 Å². The summed E-state index contributed by atoms with van der Waals surface area (Å²) >= 11 is 0. The van der Waals surface area contributed by atoms with Crippen LogP contribution in [0.4, 0.5) is 5.69 Å². The van der Waals surface area contributed by atoms with Crippen LogP contribution in [0.3, 0.4) is 0 Å². The normalized spacial score (nSPS) is 29.2. The molecule has 26 heavy (non-hydrogen) atoms. The van der Waals surface area contributed by atoms with Crippen LogP contribution in [0.25, 0.3) is 0 Å². The molecule has 2 aliphatic rings. The van der Waals surface area contributed by atoms with Crippen LogP contribution in [0.2, 0.25) is 0 Å². The Kier molecular flexibility index (Phi) is 5.88. The smallest absolute Gasteiger partial charge is 0.231 e. The van der Waals surface area contributed by atoms with E-state index in [2.05, 4.69) is 47.9 Å². The first-order valence-electron chi connectivity index (χ1n) is 10.1. The van der Waals surface area contributed by atoms with Crippen LogP contribution in [0, 0.1) is 5.92 Å². The third kappa shape index (κ3) is 3.74. The van der Waals surface area contributed by atoms with Crippen molar-refractivity contribution in [1.82, 2.24) is 4.90 Å². The summed E-state index contributed by atoms with van der Waals surface area (Å²) in [5.41, 5.74) is 7.32. The van der Waals surface area contributed by atoms with Gasteiger partial charge in [0.1, 0.15) is 0 Å². The molecule has 1 amide bonds. The van der Waals surface area contributed by atoms with E-state index in [1.54, 1.807) is 0 Å². The van der Waals surface area contributed by atoms with Crippen molar-refractivity contribution < 1.29 is 9.90 Å². The number of nitrogens with zero attached hydrogens (tertiary/aromatic N) is 2. The van der Waals surface area contributed by atoms with E-state index < -0.39 is 5.60 Å². The minimum Gasteiger partial charge on any atom is -0.389 e. The monoisotopic (exact) mass is 359 g/mol. The molecule has 1 aliphatic carbocycles. The number of likely N-dealkylation sites (tertiary alicyclic amines) is 1. The van der Waals surface area contributed by atoms with Gasteiger partial charge < -0.3 is 15.7 Å². The van der Waals surface area contributed by atoms with Gasteiger partial charge in [-0.3, -0.25) is 9.69 Å². The number of carbonyl (C=O) groups excluding carboxylic acids is 1. The fourth-order valence-electron chi connectivity index (χ4n) is 5.03. The highest BCUT2D eigenvalue weighted by Crippen LogP contribution is 2.49. The Hall–Kier alpha value is -1.59. The molecule has 0 bridgehead atoms. The Balaban J connectivity index is 1.91. The first kappa shape index (κ1) is 19.2. The fourth-order valence-corrected chi connectivity index (χ4v) is 5.03. The molecule has 3 N–H and O–H groups in total. The molecule has 0 spiro atoms. The van der Waals surface area contributed by atoms with Crippen LogP contribution in [0.1, 0.15) is 57.6 Å². The fraction of sp³-hybridized carbons (Fsp3) is 0.667. The number of amides is 1. The Bertz CT molecular complexity index is 614. The molecule has 1 saturated heterocycles. The highest BCUT2D eigenvalue weighted by molar-refractivity contribution is 5.76. The maximum absolute atomic E-state index is 11.6. The van der Waals surface area contributed by atoms with Gasteiger partial charge in [0, 0.05) is 37.3 Å². The summed E-state index contributed by atoms with van der Waals surface area (Å²) in [5.74, 6) is -0.125. The van der Waals surface area contributed by atoms with E-state index in [4.69, 9.17) is 5.73 Å². The molecule has 3 unspecified atom stereocenters. The molecule has 3 rings (SSSR count). The van der Waals surface area contributed by atoms with Gasteiger partial charge in [0.2, 0.25) is 5.91 Å². The molecule has 3 atom stereocenters. The van der Waals surface area contributed by atoms with Gasteiger partial charge in [0.25, 0.3) is 0 Å². The molecule has 1 heterocycles. The first-order valence-corrected chi connectivity index (χ1v) is 10.1. The molecule has 0 aromatic heterocycles. The molecule has 1 aromatic carbocycles. The predicted molar refractivity (Wildman–Crippen MR) is 105 cm³/mol.